The summed E-state index contributed by atoms with van der Waals surface area (Å²) in [6.45, 7) is 2.15. The SMILES string of the molecule is Cc1ccc(NC(=O)c2cc([N+](=O)[O-])ccc2NCCN2C(=O)c3ccccc3C2=O)cc1. The van der Waals surface area contributed by atoms with Gasteiger partial charge in [-0.1, -0.05) is 29.8 Å². The molecule has 4 rings (SSSR count). The Bertz CT molecular complexity index is 1240. The number of aryl methyl sites for hydroxylation is 1. The molecule has 0 atom stereocenters. The van der Waals surface area contributed by atoms with Crippen LogP contribution in [-0.2, 0) is 0 Å². The van der Waals surface area contributed by atoms with Crippen molar-refractivity contribution in [2.75, 3.05) is 23.7 Å². The normalized spacial score (nSPS) is 12.5. The first-order chi connectivity index (χ1) is 15.8. The first-order valence-corrected chi connectivity index (χ1v) is 10.2. The lowest BCUT2D eigenvalue weighted by molar-refractivity contribution is -0.384. The molecule has 9 heteroatoms. The van der Waals surface area contributed by atoms with Gasteiger partial charge in [0.25, 0.3) is 23.4 Å². The third-order valence-corrected chi connectivity index (χ3v) is 5.30. The van der Waals surface area contributed by atoms with E-state index in [1.165, 1.54) is 18.2 Å². The van der Waals surface area contributed by atoms with E-state index in [1.54, 1.807) is 36.4 Å². The molecule has 33 heavy (non-hydrogen) atoms. The van der Waals surface area contributed by atoms with Crippen LogP contribution in [0.2, 0.25) is 0 Å². The lowest BCUT2D eigenvalue weighted by atomic mass is 10.1. The van der Waals surface area contributed by atoms with Gasteiger partial charge >= 0.3 is 0 Å². The van der Waals surface area contributed by atoms with Crippen LogP contribution in [-0.4, -0.2) is 40.6 Å². The Morgan fingerprint density at radius 1 is 0.970 bits per heavy atom. The van der Waals surface area contributed by atoms with Gasteiger partial charge in [0.05, 0.1) is 21.6 Å². The maximum atomic E-state index is 12.9. The number of fused-ring (bicyclic) bond motifs is 1. The van der Waals surface area contributed by atoms with Crippen molar-refractivity contribution in [3.8, 4) is 0 Å². The van der Waals surface area contributed by atoms with E-state index in [-0.39, 0.29) is 36.2 Å². The highest BCUT2D eigenvalue weighted by atomic mass is 16.6. The molecule has 0 saturated heterocycles. The van der Waals surface area contributed by atoms with Gasteiger partial charge in [0.1, 0.15) is 0 Å². The van der Waals surface area contributed by atoms with Gasteiger partial charge in [0.15, 0.2) is 0 Å². The number of rotatable bonds is 7. The first kappa shape index (κ1) is 21.7. The number of hydrogen-bond acceptors (Lipinski definition) is 6. The third-order valence-electron chi connectivity index (χ3n) is 5.30. The zero-order valence-corrected chi connectivity index (χ0v) is 17.7. The average Bonchev–Trinajstić information content (AvgIpc) is 3.05. The molecule has 0 radical (unpaired) electrons. The van der Waals surface area contributed by atoms with Gasteiger partial charge < -0.3 is 10.6 Å². The number of nitrogens with zero attached hydrogens (tertiary/aromatic N) is 2. The van der Waals surface area contributed by atoms with Crippen LogP contribution in [0, 0.1) is 17.0 Å². The van der Waals surface area contributed by atoms with Crippen LogP contribution in [0.3, 0.4) is 0 Å². The number of nitrogens with one attached hydrogen (secondary N) is 2. The number of carbonyl (C=O) groups excluding carboxylic acids is 3. The van der Waals surface area contributed by atoms with E-state index >= 15 is 0 Å². The fourth-order valence-corrected chi connectivity index (χ4v) is 3.57. The smallest absolute Gasteiger partial charge is 0.270 e. The maximum absolute atomic E-state index is 12.9. The molecule has 0 bridgehead atoms. The molecule has 2 N–H and O–H groups in total. The van der Waals surface area contributed by atoms with E-state index in [0.717, 1.165) is 10.5 Å². The van der Waals surface area contributed by atoms with Gasteiger partial charge in [-0.2, -0.15) is 0 Å². The Balaban J connectivity index is 1.50. The van der Waals surface area contributed by atoms with Crippen molar-refractivity contribution >= 4 is 34.8 Å². The summed E-state index contributed by atoms with van der Waals surface area (Å²) in [5.41, 5.74) is 2.49. The van der Waals surface area contributed by atoms with Crippen molar-refractivity contribution < 1.29 is 19.3 Å². The van der Waals surface area contributed by atoms with Crippen molar-refractivity contribution in [3.63, 3.8) is 0 Å². The average molecular weight is 444 g/mol. The Morgan fingerprint density at radius 2 is 1.61 bits per heavy atom. The highest BCUT2D eigenvalue weighted by molar-refractivity contribution is 6.21. The van der Waals surface area contributed by atoms with E-state index < -0.39 is 10.8 Å². The van der Waals surface area contributed by atoms with Crippen molar-refractivity contribution in [2.24, 2.45) is 0 Å². The molecule has 3 amide bonds. The fourth-order valence-electron chi connectivity index (χ4n) is 3.57. The summed E-state index contributed by atoms with van der Waals surface area (Å²) in [4.78, 5) is 49.7. The quantitative estimate of drug-likeness (QED) is 0.324. The highest BCUT2D eigenvalue weighted by Gasteiger charge is 2.34. The zero-order valence-electron chi connectivity index (χ0n) is 17.7. The van der Waals surface area contributed by atoms with Crippen molar-refractivity contribution in [1.82, 2.24) is 4.90 Å². The number of hydrogen-bond donors (Lipinski definition) is 2. The lowest BCUT2D eigenvalue weighted by Crippen LogP contribution is -2.34. The predicted octanol–water partition coefficient (Wildman–Crippen LogP) is 3.86. The number of carbonyl (C=O) groups is 3. The van der Waals surface area contributed by atoms with E-state index in [4.69, 9.17) is 0 Å². The summed E-state index contributed by atoms with van der Waals surface area (Å²) in [6.07, 6.45) is 0. The van der Waals surface area contributed by atoms with E-state index in [9.17, 15) is 24.5 Å². The topological polar surface area (TPSA) is 122 Å². The van der Waals surface area contributed by atoms with Gasteiger partial charge in [-0.05, 0) is 37.3 Å². The lowest BCUT2D eigenvalue weighted by Gasteiger charge is -2.16. The predicted molar refractivity (Wildman–Crippen MR) is 123 cm³/mol. The van der Waals surface area contributed by atoms with E-state index in [0.29, 0.717) is 22.5 Å². The number of nitro groups is 1. The van der Waals surface area contributed by atoms with Gasteiger partial charge in [-0.25, -0.2) is 0 Å². The van der Waals surface area contributed by atoms with Crippen LogP contribution < -0.4 is 10.6 Å². The molecule has 1 aliphatic rings. The zero-order chi connectivity index (χ0) is 23.5. The minimum atomic E-state index is -0.578. The van der Waals surface area contributed by atoms with Crippen LogP contribution in [0.4, 0.5) is 17.1 Å². The van der Waals surface area contributed by atoms with Crippen molar-refractivity contribution in [1.29, 1.82) is 0 Å². The summed E-state index contributed by atoms with van der Waals surface area (Å²) >= 11 is 0. The standard InChI is InChI=1S/C24H20N4O5/c1-15-6-8-16(9-7-15)26-22(29)20-14-17(28(32)33)10-11-21(20)25-12-13-27-23(30)18-4-2-3-5-19(18)24(27)31/h2-11,14,25H,12-13H2,1H3,(H,26,29). The minimum absolute atomic E-state index is 0.0718. The van der Waals surface area contributed by atoms with Gasteiger partial charge in [-0.15, -0.1) is 0 Å². The number of anilines is 2. The number of nitro benzene ring substituents is 1. The Kier molecular flexibility index (Phi) is 5.86. The largest absolute Gasteiger partial charge is 0.383 e. The molecule has 1 aliphatic heterocycles. The highest BCUT2D eigenvalue weighted by Crippen LogP contribution is 2.25. The van der Waals surface area contributed by atoms with Crippen molar-refractivity contribution in [2.45, 2.75) is 6.92 Å². The van der Waals surface area contributed by atoms with Crippen LogP contribution in [0.1, 0.15) is 36.6 Å². The minimum Gasteiger partial charge on any atom is -0.383 e. The summed E-state index contributed by atoms with van der Waals surface area (Å²) in [5.74, 6) is -1.28. The Labute approximate surface area is 189 Å². The summed E-state index contributed by atoms with van der Waals surface area (Å²) in [7, 11) is 0. The number of imide groups is 1. The second kappa shape index (κ2) is 8.91. The molecule has 0 fully saturated rings. The molecular formula is C24H20N4O5. The Morgan fingerprint density at radius 3 is 2.21 bits per heavy atom. The van der Waals surface area contributed by atoms with Crippen LogP contribution in [0.25, 0.3) is 0 Å². The second-order valence-corrected chi connectivity index (χ2v) is 7.54. The molecular weight excluding hydrogens is 424 g/mol. The molecule has 0 saturated carbocycles. The summed E-state index contributed by atoms with van der Waals surface area (Å²) in [5, 5.41) is 17.0. The Hall–Kier alpha value is -4.53. The number of amides is 3. The first-order valence-electron chi connectivity index (χ1n) is 10.2. The fraction of sp³-hybridized carbons (Fsp3) is 0.125. The van der Waals surface area contributed by atoms with E-state index in [1.807, 2.05) is 19.1 Å². The van der Waals surface area contributed by atoms with Crippen LogP contribution in [0.15, 0.2) is 66.7 Å². The monoisotopic (exact) mass is 444 g/mol. The maximum Gasteiger partial charge on any atom is 0.270 e. The summed E-state index contributed by atoms with van der Waals surface area (Å²) < 4.78 is 0. The van der Waals surface area contributed by atoms with Gasteiger partial charge in [0, 0.05) is 36.6 Å². The van der Waals surface area contributed by atoms with E-state index in [2.05, 4.69) is 10.6 Å². The van der Waals surface area contributed by atoms with Crippen molar-refractivity contribution in [3.05, 3.63) is 99.1 Å². The van der Waals surface area contributed by atoms with Gasteiger partial charge in [-0.3, -0.25) is 29.4 Å². The number of non-ortho nitro benzene ring substituents is 1. The molecule has 3 aromatic carbocycles. The van der Waals surface area contributed by atoms with Crippen LogP contribution in [0.5, 0.6) is 0 Å². The van der Waals surface area contributed by atoms with Gasteiger partial charge in [0.2, 0.25) is 0 Å². The second-order valence-electron chi connectivity index (χ2n) is 7.54. The molecule has 0 unspecified atom stereocenters. The molecule has 1 heterocycles. The molecule has 0 spiro atoms. The molecule has 0 aromatic heterocycles. The third kappa shape index (κ3) is 4.42. The number of benzene rings is 3. The molecule has 0 aliphatic carbocycles. The summed E-state index contributed by atoms with van der Waals surface area (Å²) in [6, 6.07) is 17.7. The molecule has 9 nitrogen and oxygen atoms in total. The van der Waals surface area contributed by atoms with Crippen LogP contribution >= 0.6 is 0 Å². The molecule has 166 valence electrons. The molecule has 3 aromatic rings.